The number of hydrogen-bond acceptors (Lipinski definition) is 2. The molecule has 0 radical (unpaired) electrons. The fourth-order valence-corrected chi connectivity index (χ4v) is 1.35. The number of likely N-dealkylation sites (N-methyl/N-ethyl adjacent to an activating group) is 1. The summed E-state index contributed by atoms with van der Waals surface area (Å²) in [5.41, 5.74) is 1.96. The monoisotopic (exact) mass is 242 g/mol. The highest BCUT2D eigenvalue weighted by molar-refractivity contribution is 5.95. The van der Waals surface area contributed by atoms with E-state index in [4.69, 9.17) is 0 Å². The third-order valence-corrected chi connectivity index (χ3v) is 2.31. The van der Waals surface area contributed by atoms with Gasteiger partial charge in [-0.25, -0.2) is 0 Å². The Hall–Kier alpha value is -1.06. The molecule has 4 heteroatoms. The zero-order valence-electron chi connectivity index (χ0n) is 9.91. The second-order valence-electron chi connectivity index (χ2n) is 3.58. The Balaban J connectivity index is 0.00000225. The summed E-state index contributed by atoms with van der Waals surface area (Å²) in [6, 6.07) is 7.60. The summed E-state index contributed by atoms with van der Waals surface area (Å²) in [7, 11) is 0. The number of para-hydroxylation sites is 1. The molecule has 1 amide bonds. The zero-order chi connectivity index (χ0) is 11.3. The molecular weight excluding hydrogens is 224 g/mol. The van der Waals surface area contributed by atoms with E-state index in [0.29, 0.717) is 0 Å². The highest BCUT2D eigenvalue weighted by Crippen LogP contribution is 2.13. The van der Waals surface area contributed by atoms with Crippen LogP contribution >= 0.6 is 12.4 Å². The lowest BCUT2D eigenvalue weighted by Gasteiger charge is -2.13. The second kappa shape index (κ2) is 7.25. The van der Waals surface area contributed by atoms with Gasteiger partial charge in [0.2, 0.25) is 5.91 Å². The van der Waals surface area contributed by atoms with Crippen molar-refractivity contribution in [2.24, 2.45) is 0 Å². The molecule has 0 aliphatic heterocycles. The third kappa shape index (κ3) is 4.21. The zero-order valence-corrected chi connectivity index (χ0v) is 10.7. The van der Waals surface area contributed by atoms with E-state index in [1.54, 1.807) is 0 Å². The standard InChI is InChI=1S/C12H18N2O.ClH/c1-4-13-10(3)12(15)14-11-8-6-5-7-9(11)2;/h5-8,10,13H,4H2,1-3H3,(H,14,15);1H. The lowest BCUT2D eigenvalue weighted by Crippen LogP contribution is -2.37. The van der Waals surface area contributed by atoms with E-state index in [9.17, 15) is 4.79 Å². The fourth-order valence-electron chi connectivity index (χ4n) is 1.35. The van der Waals surface area contributed by atoms with Gasteiger partial charge in [-0.2, -0.15) is 0 Å². The molecule has 0 spiro atoms. The molecule has 0 saturated heterocycles. The number of benzene rings is 1. The highest BCUT2D eigenvalue weighted by Gasteiger charge is 2.11. The smallest absolute Gasteiger partial charge is 0.241 e. The van der Waals surface area contributed by atoms with Crippen molar-refractivity contribution < 1.29 is 4.79 Å². The van der Waals surface area contributed by atoms with E-state index in [-0.39, 0.29) is 24.4 Å². The van der Waals surface area contributed by atoms with E-state index < -0.39 is 0 Å². The molecule has 90 valence electrons. The van der Waals surface area contributed by atoms with E-state index in [1.165, 1.54) is 0 Å². The van der Waals surface area contributed by atoms with Crippen LogP contribution in [-0.2, 0) is 4.79 Å². The summed E-state index contributed by atoms with van der Waals surface area (Å²) >= 11 is 0. The van der Waals surface area contributed by atoms with Gasteiger partial charge in [0.25, 0.3) is 0 Å². The first-order valence-electron chi connectivity index (χ1n) is 5.25. The number of nitrogens with one attached hydrogen (secondary N) is 2. The van der Waals surface area contributed by atoms with Crippen molar-refractivity contribution in [3.63, 3.8) is 0 Å². The van der Waals surface area contributed by atoms with Crippen LogP contribution in [0.1, 0.15) is 19.4 Å². The van der Waals surface area contributed by atoms with E-state index in [1.807, 2.05) is 45.0 Å². The first-order valence-corrected chi connectivity index (χ1v) is 5.25. The van der Waals surface area contributed by atoms with Crippen LogP contribution in [0.4, 0.5) is 5.69 Å². The molecule has 0 heterocycles. The molecule has 0 saturated carbocycles. The molecule has 16 heavy (non-hydrogen) atoms. The predicted molar refractivity (Wildman–Crippen MR) is 70.2 cm³/mol. The summed E-state index contributed by atoms with van der Waals surface area (Å²) in [5, 5.41) is 5.97. The largest absolute Gasteiger partial charge is 0.324 e. The molecule has 1 aromatic carbocycles. The van der Waals surface area contributed by atoms with E-state index >= 15 is 0 Å². The Morgan fingerprint density at radius 3 is 2.56 bits per heavy atom. The lowest BCUT2D eigenvalue weighted by atomic mass is 10.2. The van der Waals surface area contributed by atoms with Crippen molar-refractivity contribution in [3.8, 4) is 0 Å². The fraction of sp³-hybridized carbons (Fsp3) is 0.417. The predicted octanol–water partition coefficient (Wildman–Crippen LogP) is 2.35. The molecule has 0 bridgehead atoms. The quantitative estimate of drug-likeness (QED) is 0.851. The van der Waals surface area contributed by atoms with E-state index in [2.05, 4.69) is 10.6 Å². The van der Waals surface area contributed by atoms with Crippen molar-refractivity contribution in [2.75, 3.05) is 11.9 Å². The first-order chi connectivity index (χ1) is 7.15. The van der Waals surface area contributed by atoms with Gasteiger partial charge >= 0.3 is 0 Å². The van der Waals surface area contributed by atoms with Crippen LogP contribution in [0.25, 0.3) is 0 Å². The SMILES string of the molecule is CCNC(C)C(=O)Nc1ccccc1C.Cl. The van der Waals surface area contributed by atoms with Gasteiger partial charge in [-0.05, 0) is 32.0 Å². The molecule has 1 unspecified atom stereocenters. The van der Waals surface area contributed by atoms with Crippen LogP contribution in [-0.4, -0.2) is 18.5 Å². The van der Waals surface area contributed by atoms with Crippen molar-refractivity contribution in [1.29, 1.82) is 0 Å². The molecule has 1 rings (SSSR count). The number of amides is 1. The van der Waals surface area contributed by atoms with Crippen LogP contribution in [0.15, 0.2) is 24.3 Å². The minimum absolute atomic E-state index is 0. The topological polar surface area (TPSA) is 41.1 Å². The Kier molecular flexibility index (Phi) is 6.77. The molecule has 0 fully saturated rings. The number of carbonyl (C=O) groups is 1. The average Bonchev–Trinajstić information content (AvgIpc) is 2.21. The molecule has 3 nitrogen and oxygen atoms in total. The van der Waals surface area contributed by atoms with Crippen LogP contribution in [0.2, 0.25) is 0 Å². The summed E-state index contributed by atoms with van der Waals surface area (Å²) in [5.74, 6) is 0.00569. The molecule has 0 aromatic heterocycles. The van der Waals surface area contributed by atoms with Gasteiger partial charge in [0.15, 0.2) is 0 Å². The van der Waals surface area contributed by atoms with Crippen LogP contribution in [0.5, 0.6) is 0 Å². The van der Waals surface area contributed by atoms with Crippen molar-refractivity contribution in [3.05, 3.63) is 29.8 Å². The third-order valence-electron chi connectivity index (χ3n) is 2.31. The molecule has 2 N–H and O–H groups in total. The number of rotatable bonds is 4. The summed E-state index contributed by atoms with van der Waals surface area (Å²) < 4.78 is 0. The van der Waals surface area contributed by atoms with Crippen LogP contribution < -0.4 is 10.6 Å². The molecule has 0 aliphatic rings. The molecule has 1 aromatic rings. The Labute approximate surface area is 103 Å². The Morgan fingerprint density at radius 1 is 1.38 bits per heavy atom. The second-order valence-corrected chi connectivity index (χ2v) is 3.58. The van der Waals surface area contributed by atoms with Gasteiger partial charge in [-0.3, -0.25) is 4.79 Å². The summed E-state index contributed by atoms with van der Waals surface area (Å²) in [6.45, 7) is 6.62. The first kappa shape index (κ1) is 14.9. The van der Waals surface area contributed by atoms with Gasteiger partial charge < -0.3 is 10.6 Å². The number of anilines is 1. The minimum Gasteiger partial charge on any atom is -0.324 e. The Bertz CT molecular complexity index is 342. The van der Waals surface area contributed by atoms with Gasteiger partial charge in [-0.1, -0.05) is 25.1 Å². The van der Waals surface area contributed by atoms with Gasteiger partial charge in [-0.15, -0.1) is 12.4 Å². The van der Waals surface area contributed by atoms with Gasteiger partial charge in [0, 0.05) is 5.69 Å². The average molecular weight is 243 g/mol. The number of halogens is 1. The van der Waals surface area contributed by atoms with Crippen molar-refractivity contribution >= 4 is 24.0 Å². The maximum absolute atomic E-state index is 11.7. The van der Waals surface area contributed by atoms with Gasteiger partial charge in [0.1, 0.15) is 0 Å². The number of aryl methyl sites for hydroxylation is 1. The van der Waals surface area contributed by atoms with Crippen LogP contribution in [0, 0.1) is 6.92 Å². The normalized spacial score (nSPS) is 11.4. The highest BCUT2D eigenvalue weighted by atomic mass is 35.5. The number of carbonyl (C=O) groups excluding carboxylic acids is 1. The Morgan fingerprint density at radius 2 is 2.00 bits per heavy atom. The maximum atomic E-state index is 11.7. The summed E-state index contributed by atoms with van der Waals surface area (Å²) in [4.78, 5) is 11.7. The number of hydrogen-bond donors (Lipinski definition) is 2. The van der Waals surface area contributed by atoms with Crippen molar-refractivity contribution in [1.82, 2.24) is 5.32 Å². The summed E-state index contributed by atoms with van der Waals surface area (Å²) in [6.07, 6.45) is 0. The van der Waals surface area contributed by atoms with Gasteiger partial charge in [0.05, 0.1) is 6.04 Å². The van der Waals surface area contributed by atoms with Crippen LogP contribution in [0.3, 0.4) is 0 Å². The van der Waals surface area contributed by atoms with Crippen molar-refractivity contribution in [2.45, 2.75) is 26.8 Å². The molecular formula is C12H19ClN2O. The van der Waals surface area contributed by atoms with E-state index in [0.717, 1.165) is 17.8 Å². The molecule has 0 aliphatic carbocycles. The molecule has 1 atom stereocenters. The minimum atomic E-state index is -0.158. The maximum Gasteiger partial charge on any atom is 0.241 e. The lowest BCUT2D eigenvalue weighted by molar-refractivity contribution is -0.117.